The van der Waals surface area contributed by atoms with Crippen molar-refractivity contribution in [2.75, 3.05) is 33.3 Å². The van der Waals surface area contributed by atoms with Crippen LogP contribution in [0.25, 0.3) is 0 Å². The number of carbonyl (C=O) groups is 2. The predicted molar refractivity (Wildman–Crippen MR) is 99.5 cm³/mol. The Balaban J connectivity index is 1.67. The molecule has 1 spiro atoms. The third kappa shape index (κ3) is 3.76. The molecule has 2 saturated heterocycles. The minimum Gasteiger partial charge on any atom is -0.374 e. The molecule has 1 aromatic rings. The standard InChI is InChI=1S/C20H29N3O3/c1-3-11-23-18(24)17(15-26-14-16-7-5-4-6-8-16)21-19(25)20(23)9-12-22(2)13-10-20/h4-8,17H,3,9-15H2,1-2H3,(H,21,25). The van der Waals surface area contributed by atoms with Gasteiger partial charge in [0, 0.05) is 19.6 Å². The maximum Gasteiger partial charge on any atom is 0.248 e. The first kappa shape index (κ1) is 18.9. The number of hydrogen-bond donors (Lipinski definition) is 1. The van der Waals surface area contributed by atoms with E-state index in [1.165, 1.54) is 0 Å². The van der Waals surface area contributed by atoms with Gasteiger partial charge in [-0.25, -0.2) is 0 Å². The fourth-order valence-corrected chi connectivity index (χ4v) is 3.89. The van der Waals surface area contributed by atoms with Gasteiger partial charge in [0.25, 0.3) is 0 Å². The summed E-state index contributed by atoms with van der Waals surface area (Å²) in [6.07, 6.45) is 2.23. The molecule has 1 aromatic carbocycles. The lowest BCUT2D eigenvalue weighted by Gasteiger charge is -2.51. The molecule has 2 fully saturated rings. The van der Waals surface area contributed by atoms with Crippen molar-refractivity contribution in [3.8, 4) is 0 Å². The van der Waals surface area contributed by atoms with Gasteiger partial charge < -0.3 is 19.9 Å². The van der Waals surface area contributed by atoms with E-state index in [1.54, 1.807) is 0 Å². The normalized spacial score (nSPS) is 23.3. The smallest absolute Gasteiger partial charge is 0.248 e. The molecule has 2 heterocycles. The Hall–Kier alpha value is -1.92. The highest BCUT2D eigenvalue weighted by molar-refractivity contribution is 6.00. The predicted octanol–water partition coefficient (Wildman–Crippen LogP) is 1.40. The summed E-state index contributed by atoms with van der Waals surface area (Å²) in [5.41, 5.74) is 0.370. The van der Waals surface area contributed by atoms with Crippen molar-refractivity contribution in [3.63, 3.8) is 0 Å². The SMILES string of the molecule is CCCN1C(=O)C(COCc2ccccc2)NC(=O)C12CCN(C)CC2. The van der Waals surface area contributed by atoms with Crippen molar-refractivity contribution in [3.05, 3.63) is 35.9 Å². The fourth-order valence-electron chi connectivity index (χ4n) is 3.89. The number of nitrogens with zero attached hydrogens (tertiary/aromatic N) is 2. The molecular weight excluding hydrogens is 330 g/mol. The van der Waals surface area contributed by atoms with Crippen LogP contribution in [-0.2, 0) is 20.9 Å². The first-order valence-corrected chi connectivity index (χ1v) is 9.49. The van der Waals surface area contributed by atoms with Gasteiger partial charge in [-0.1, -0.05) is 37.3 Å². The number of benzene rings is 1. The Bertz CT molecular complexity index is 626. The zero-order chi connectivity index (χ0) is 18.6. The van der Waals surface area contributed by atoms with E-state index >= 15 is 0 Å². The van der Waals surface area contributed by atoms with Crippen LogP contribution in [0.1, 0.15) is 31.7 Å². The maximum atomic E-state index is 13.1. The van der Waals surface area contributed by atoms with Crippen LogP contribution in [0.2, 0.25) is 0 Å². The van der Waals surface area contributed by atoms with Crippen molar-refractivity contribution in [2.24, 2.45) is 0 Å². The molecule has 2 aliphatic rings. The van der Waals surface area contributed by atoms with Gasteiger partial charge in [-0.05, 0) is 31.9 Å². The van der Waals surface area contributed by atoms with Crippen LogP contribution in [0.5, 0.6) is 0 Å². The number of piperazine rings is 1. The average Bonchev–Trinajstić information content (AvgIpc) is 2.66. The van der Waals surface area contributed by atoms with Crippen molar-refractivity contribution >= 4 is 11.8 Å². The first-order valence-electron chi connectivity index (χ1n) is 9.49. The number of hydrogen-bond acceptors (Lipinski definition) is 4. The summed E-state index contributed by atoms with van der Waals surface area (Å²) >= 11 is 0. The number of likely N-dealkylation sites (tertiary alicyclic amines) is 1. The van der Waals surface area contributed by atoms with Crippen molar-refractivity contribution in [2.45, 2.75) is 44.4 Å². The van der Waals surface area contributed by atoms with Crippen LogP contribution in [-0.4, -0.2) is 66.5 Å². The first-order chi connectivity index (χ1) is 12.6. The number of amides is 2. The van der Waals surface area contributed by atoms with Gasteiger partial charge in [-0.15, -0.1) is 0 Å². The average molecular weight is 359 g/mol. The second-order valence-corrected chi connectivity index (χ2v) is 7.35. The molecule has 1 unspecified atom stereocenters. The van der Waals surface area contributed by atoms with Gasteiger partial charge >= 0.3 is 0 Å². The molecule has 142 valence electrons. The Morgan fingerprint density at radius 2 is 1.88 bits per heavy atom. The molecule has 26 heavy (non-hydrogen) atoms. The number of carbonyl (C=O) groups excluding carboxylic acids is 2. The number of piperidine rings is 1. The Labute approximate surface area is 155 Å². The molecule has 6 nitrogen and oxygen atoms in total. The largest absolute Gasteiger partial charge is 0.374 e. The van der Waals surface area contributed by atoms with Crippen LogP contribution < -0.4 is 5.32 Å². The molecule has 3 rings (SSSR count). The molecule has 0 radical (unpaired) electrons. The Morgan fingerprint density at radius 3 is 2.54 bits per heavy atom. The zero-order valence-corrected chi connectivity index (χ0v) is 15.7. The van der Waals surface area contributed by atoms with E-state index in [4.69, 9.17) is 4.74 Å². The van der Waals surface area contributed by atoms with E-state index in [9.17, 15) is 9.59 Å². The number of rotatable bonds is 6. The van der Waals surface area contributed by atoms with Crippen LogP contribution in [0, 0.1) is 0 Å². The second-order valence-electron chi connectivity index (χ2n) is 7.35. The second kappa shape index (κ2) is 8.18. The van der Waals surface area contributed by atoms with E-state index in [0.717, 1.165) is 25.1 Å². The molecule has 1 N–H and O–H groups in total. The minimum atomic E-state index is -0.685. The highest BCUT2D eigenvalue weighted by atomic mass is 16.5. The van der Waals surface area contributed by atoms with E-state index in [0.29, 0.717) is 26.0 Å². The summed E-state index contributed by atoms with van der Waals surface area (Å²) in [6.45, 7) is 4.96. The summed E-state index contributed by atoms with van der Waals surface area (Å²) in [5.74, 6) is -0.0315. The summed E-state index contributed by atoms with van der Waals surface area (Å²) < 4.78 is 5.73. The maximum absolute atomic E-state index is 13.1. The van der Waals surface area contributed by atoms with Crippen LogP contribution in [0.15, 0.2) is 30.3 Å². The number of nitrogens with one attached hydrogen (secondary N) is 1. The van der Waals surface area contributed by atoms with Gasteiger partial charge in [0.1, 0.15) is 11.6 Å². The lowest BCUT2D eigenvalue weighted by atomic mass is 9.82. The molecular formula is C20H29N3O3. The number of ether oxygens (including phenoxy) is 1. The molecule has 1 atom stereocenters. The lowest BCUT2D eigenvalue weighted by Crippen LogP contribution is -2.73. The quantitative estimate of drug-likeness (QED) is 0.834. The highest BCUT2D eigenvalue weighted by Crippen LogP contribution is 2.32. The van der Waals surface area contributed by atoms with E-state index < -0.39 is 11.6 Å². The van der Waals surface area contributed by atoms with Crippen LogP contribution >= 0.6 is 0 Å². The van der Waals surface area contributed by atoms with Gasteiger partial charge in [0.2, 0.25) is 11.8 Å². The molecule has 0 saturated carbocycles. The van der Waals surface area contributed by atoms with E-state index in [2.05, 4.69) is 17.3 Å². The fraction of sp³-hybridized carbons (Fsp3) is 0.600. The van der Waals surface area contributed by atoms with Gasteiger partial charge in [0.15, 0.2) is 0 Å². The summed E-state index contributed by atoms with van der Waals surface area (Å²) in [5, 5.41) is 2.94. The Kier molecular flexibility index (Phi) is 5.94. The highest BCUT2D eigenvalue weighted by Gasteiger charge is 2.52. The van der Waals surface area contributed by atoms with E-state index in [-0.39, 0.29) is 18.4 Å². The van der Waals surface area contributed by atoms with Crippen LogP contribution in [0.4, 0.5) is 0 Å². The summed E-state index contributed by atoms with van der Waals surface area (Å²) in [4.78, 5) is 30.1. The summed E-state index contributed by atoms with van der Waals surface area (Å²) in [6, 6.07) is 9.25. The zero-order valence-electron chi connectivity index (χ0n) is 15.7. The molecule has 2 aliphatic heterocycles. The third-order valence-electron chi connectivity index (χ3n) is 5.47. The Morgan fingerprint density at radius 1 is 1.19 bits per heavy atom. The van der Waals surface area contributed by atoms with Gasteiger partial charge in [-0.2, -0.15) is 0 Å². The topological polar surface area (TPSA) is 61.9 Å². The molecule has 0 aromatic heterocycles. The molecule has 6 heteroatoms. The molecule has 0 bridgehead atoms. The van der Waals surface area contributed by atoms with Crippen molar-refractivity contribution in [1.82, 2.24) is 15.1 Å². The third-order valence-corrected chi connectivity index (χ3v) is 5.47. The lowest BCUT2D eigenvalue weighted by molar-refractivity contribution is -0.162. The van der Waals surface area contributed by atoms with E-state index in [1.807, 2.05) is 42.2 Å². The molecule has 0 aliphatic carbocycles. The van der Waals surface area contributed by atoms with Crippen molar-refractivity contribution < 1.29 is 14.3 Å². The van der Waals surface area contributed by atoms with Gasteiger partial charge in [0.05, 0.1) is 13.2 Å². The molecule has 2 amide bonds. The van der Waals surface area contributed by atoms with Crippen LogP contribution in [0.3, 0.4) is 0 Å². The summed E-state index contributed by atoms with van der Waals surface area (Å²) in [7, 11) is 2.06. The van der Waals surface area contributed by atoms with Crippen molar-refractivity contribution in [1.29, 1.82) is 0 Å². The van der Waals surface area contributed by atoms with Gasteiger partial charge in [-0.3, -0.25) is 9.59 Å². The monoisotopic (exact) mass is 359 g/mol. The minimum absolute atomic E-state index is 0.0101.